The van der Waals surface area contributed by atoms with Crippen LogP contribution in [-0.2, 0) is 0 Å². The summed E-state index contributed by atoms with van der Waals surface area (Å²) in [6, 6.07) is 6.13. The average Bonchev–Trinajstić information content (AvgIpc) is 2.80. The number of ether oxygens (including phenoxy) is 1. The minimum atomic E-state index is 0.0412. The zero-order chi connectivity index (χ0) is 13.2. The molecule has 1 aromatic carbocycles. The van der Waals surface area contributed by atoms with E-state index in [0.717, 1.165) is 21.9 Å². The molecule has 0 amide bonds. The van der Waals surface area contributed by atoms with Crippen LogP contribution in [0.3, 0.4) is 0 Å². The predicted molar refractivity (Wildman–Crippen MR) is 77.5 cm³/mol. The maximum Gasteiger partial charge on any atom is 0.127 e. The van der Waals surface area contributed by atoms with Gasteiger partial charge in [0.25, 0.3) is 0 Å². The molecule has 0 aliphatic carbocycles. The molecule has 0 aliphatic rings. The Balaban J connectivity index is 2.40. The fourth-order valence-corrected chi connectivity index (χ4v) is 2.40. The van der Waals surface area contributed by atoms with E-state index < -0.39 is 0 Å². The number of nitrogens with zero attached hydrogens (tertiary/aromatic N) is 1. The van der Waals surface area contributed by atoms with E-state index in [9.17, 15) is 0 Å². The fourth-order valence-electron chi connectivity index (χ4n) is 1.76. The first-order valence-electron chi connectivity index (χ1n) is 5.85. The Morgan fingerprint density at radius 2 is 2.06 bits per heavy atom. The van der Waals surface area contributed by atoms with Crippen molar-refractivity contribution in [2.45, 2.75) is 26.3 Å². The Labute approximate surface area is 112 Å². The van der Waals surface area contributed by atoms with Crippen molar-refractivity contribution in [3.63, 3.8) is 0 Å². The summed E-state index contributed by atoms with van der Waals surface area (Å²) in [6.45, 7) is 6.43. The van der Waals surface area contributed by atoms with Gasteiger partial charge in [-0.05, 0) is 39.0 Å². The van der Waals surface area contributed by atoms with E-state index in [-0.39, 0.29) is 5.54 Å². The second kappa shape index (κ2) is 4.98. The largest absolute Gasteiger partial charge is 0.496 e. The highest BCUT2D eigenvalue weighted by molar-refractivity contribution is 7.13. The smallest absolute Gasteiger partial charge is 0.127 e. The molecule has 0 aliphatic heterocycles. The van der Waals surface area contributed by atoms with E-state index in [1.165, 1.54) is 0 Å². The van der Waals surface area contributed by atoms with E-state index in [4.69, 9.17) is 4.74 Å². The van der Waals surface area contributed by atoms with Crippen LogP contribution in [0.4, 0.5) is 5.69 Å². The molecule has 18 heavy (non-hydrogen) atoms. The lowest BCUT2D eigenvalue weighted by atomic mass is 10.1. The van der Waals surface area contributed by atoms with Crippen molar-refractivity contribution in [1.29, 1.82) is 0 Å². The summed E-state index contributed by atoms with van der Waals surface area (Å²) in [5.74, 6) is 0.874. The summed E-state index contributed by atoms with van der Waals surface area (Å²) in [6.07, 6.45) is 1.86. The van der Waals surface area contributed by atoms with Crippen LogP contribution < -0.4 is 10.1 Å². The van der Waals surface area contributed by atoms with E-state index in [2.05, 4.69) is 37.1 Å². The molecule has 0 saturated heterocycles. The second-order valence-electron chi connectivity index (χ2n) is 5.16. The molecule has 1 heterocycles. The van der Waals surface area contributed by atoms with Gasteiger partial charge in [0, 0.05) is 23.0 Å². The van der Waals surface area contributed by atoms with Gasteiger partial charge in [-0.25, -0.2) is 0 Å². The van der Waals surface area contributed by atoms with Gasteiger partial charge in [0.05, 0.1) is 17.5 Å². The van der Waals surface area contributed by atoms with Crippen LogP contribution in [0.2, 0.25) is 0 Å². The predicted octanol–water partition coefficient (Wildman–Crippen LogP) is 4.03. The topological polar surface area (TPSA) is 34.1 Å². The first-order chi connectivity index (χ1) is 8.49. The van der Waals surface area contributed by atoms with Crippen molar-refractivity contribution in [2.24, 2.45) is 0 Å². The summed E-state index contributed by atoms with van der Waals surface area (Å²) in [5, 5.41) is 3.46. The number of nitrogens with one attached hydrogen (secondary N) is 1. The quantitative estimate of drug-likeness (QED) is 0.906. The highest BCUT2D eigenvalue weighted by Gasteiger charge is 2.13. The van der Waals surface area contributed by atoms with Crippen molar-refractivity contribution < 1.29 is 4.74 Å². The van der Waals surface area contributed by atoms with Crippen LogP contribution in [0.15, 0.2) is 29.9 Å². The number of rotatable bonds is 3. The van der Waals surface area contributed by atoms with Crippen LogP contribution in [0.25, 0.3) is 10.4 Å². The SMILES string of the molecule is COc1ccc(NC(C)(C)C)cc1-c1cncs1. The van der Waals surface area contributed by atoms with Gasteiger partial charge in [0.2, 0.25) is 0 Å². The molecule has 0 fully saturated rings. The van der Waals surface area contributed by atoms with E-state index in [1.54, 1.807) is 18.4 Å². The monoisotopic (exact) mass is 262 g/mol. The molecule has 0 spiro atoms. The number of thiazole rings is 1. The zero-order valence-electron chi connectivity index (χ0n) is 11.2. The number of hydrogen-bond donors (Lipinski definition) is 1. The molecule has 2 rings (SSSR count). The molecule has 4 heteroatoms. The lowest BCUT2D eigenvalue weighted by molar-refractivity contribution is 0.416. The lowest BCUT2D eigenvalue weighted by Crippen LogP contribution is -2.25. The molecular weight excluding hydrogens is 244 g/mol. The van der Waals surface area contributed by atoms with Crippen molar-refractivity contribution in [1.82, 2.24) is 4.98 Å². The van der Waals surface area contributed by atoms with Gasteiger partial charge in [-0.2, -0.15) is 0 Å². The Morgan fingerprint density at radius 3 is 2.61 bits per heavy atom. The molecule has 0 bridgehead atoms. The first-order valence-corrected chi connectivity index (χ1v) is 6.72. The Kier molecular flexibility index (Phi) is 3.57. The standard InChI is InChI=1S/C14H18N2OS/c1-14(2,3)16-10-5-6-12(17-4)11(7-10)13-8-15-9-18-13/h5-9,16H,1-4H3. The Bertz CT molecular complexity index is 515. The van der Waals surface area contributed by atoms with Crippen LogP contribution in [0, 0.1) is 0 Å². The number of anilines is 1. The van der Waals surface area contributed by atoms with Gasteiger partial charge in [-0.3, -0.25) is 4.98 Å². The molecule has 3 nitrogen and oxygen atoms in total. The summed E-state index contributed by atoms with van der Waals surface area (Å²) < 4.78 is 5.41. The number of methoxy groups -OCH3 is 1. The number of aromatic nitrogens is 1. The fraction of sp³-hybridized carbons (Fsp3) is 0.357. The van der Waals surface area contributed by atoms with Crippen LogP contribution in [-0.4, -0.2) is 17.6 Å². The summed E-state index contributed by atoms with van der Waals surface area (Å²) in [5.41, 5.74) is 4.04. The molecule has 1 N–H and O–H groups in total. The normalized spacial score (nSPS) is 11.3. The highest BCUT2D eigenvalue weighted by Crippen LogP contribution is 2.35. The zero-order valence-corrected chi connectivity index (χ0v) is 12.0. The van der Waals surface area contributed by atoms with Gasteiger partial charge < -0.3 is 10.1 Å². The molecule has 96 valence electrons. The summed E-state index contributed by atoms with van der Waals surface area (Å²) in [7, 11) is 1.69. The Morgan fingerprint density at radius 1 is 1.28 bits per heavy atom. The molecule has 0 unspecified atom stereocenters. The number of hydrogen-bond acceptors (Lipinski definition) is 4. The van der Waals surface area contributed by atoms with Crippen LogP contribution in [0.1, 0.15) is 20.8 Å². The van der Waals surface area contributed by atoms with Crippen molar-refractivity contribution in [2.75, 3.05) is 12.4 Å². The summed E-state index contributed by atoms with van der Waals surface area (Å²) in [4.78, 5) is 5.24. The highest BCUT2D eigenvalue weighted by atomic mass is 32.1. The number of benzene rings is 1. The van der Waals surface area contributed by atoms with E-state index in [1.807, 2.05) is 23.8 Å². The minimum absolute atomic E-state index is 0.0412. The van der Waals surface area contributed by atoms with Crippen molar-refractivity contribution in [3.8, 4) is 16.2 Å². The van der Waals surface area contributed by atoms with Gasteiger partial charge in [0.15, 0.2) is 0 Å². The van der Waals surface area contributed by atoms with Crippen molar-refractivity contribution in [3.05, 3.63) is 29.9 Å². The van der Waals surface area contributed by atoms with Gasteiger partial charge in [0.1, 0.15) is 5.75 Å². The van der Waals surface area contributed by atoms with Crippen LogP contribution >= 0.6 is 11.3 Å². The molecule has 0 saturated carbocycles. The minimum Gasteiger partial charge on any atom is -0.496 e. The maximum atomic E-state index is 5.41. The summed E-state index contributed by atoms with van der Waals surface area (Å²) >= 11 is 1.61. The maximum absolute atomic E-state index is 5.41. The van der Waals surface area contributed by atoms with E-state index >= 15 is 0 Å². The molecule has 1 aromatic heterocycles. The second-order valence-corrected chi connectivity index (χ2v) is 6.04. The van der Waals surface area contributed by atoms with Gasteiger partial charge in [-0.1, -0.05) is 0 Å². The third kappa shape index (κ3) is 3.01. The van der Waals surface area contributed by atoms with E-state index in [0.29, 0.717) is 0 Å². The van der Waals surface area contributed by atoms with Gasteiger partial charge >= 0.3 is 0 Å². The van der Waals surface area contributed by atoms with Crippen molar-refractivity contribution >= 4 is 17.0 Å². The Hall–Kier alpha value is -1.55. The molecular formula is C14H18N2OS. The van der Waals surface area contributed by atoms with Crippen LogP contribution in [0.5, 0.6) is 5.75 Å². The third-order valence-corrected chi connectivity index (χ3v) is 3.22. The average molecular weight is 262 g/mol. The van der Waals surface area contributed by atoms with Gasteiger partial charge in [-0.15, -0.1) is 11.3 Å². The molecule has 2 aromatic rings. The molecule has 0 radical (unpaired) electrons. The lowest BCUT2D eigenvalue weighted by Gasteiger charge is -2.23. The molecule has 0 atom stereocenters. The first kappa shape index (κ1) is 12.9. The third-order valence-electron chi connectivity index (χ3n) is 2.42.